The summed E-state index contributed by atoms with van der Waals surface area (Å²) >= 11 is 0. The number of benzene rings is 1. The highest BCUT2D eigenvalue weighted by Crippen LogP contribution is 2.04. The number of rotatable bonds is 8. The molecule has 0 heterocycles. The fourth-order valence-corrected chi connectivity index (χ4v) is 1.98. The summed E-state index contributed by atoms with van der Waals surface area (Å²) in [6, 6.07) is 10.4. The molecule has 1 rings (SSSR count). The van der Waals surface area contributed by atoms with Crippen LogP contribution in [0.2, 0.25) is 0 Å². The van der Waals surface area contributed by atoms with Gasteiger partial charge in [0.15, 0.2) is 0 Å². The number of methoxy groups -OCH3 is 1. The Morgan fingerprint density at radius 2 is 1.94 bits per heavy atom. The third kappa shape index (κ3) is 5.82. The minimum Gasteiger partial charge on any atom is -0.468 e. The lowest BCUT2D eigenvalue weighted by atomic mass is 10.1. The van der Waals surface area contributed by atoms with E-state index >= 15 is 0 Å². The smallest absolute Gasteiger partial charge is 0.319 e. The molecule has 0 saturated heterocycles. The third-order valence-electron chi connectivity index (χ3n) is 2.90. The Morgan fingerprint density at radius 1 is 1.22 bits per heavy atom. The molecule has 0 aliphatic carbocycles. The molecule has 0 N–H and O–H groups in total. The molecule has 0 aliphatic rings. The van der Waals surface area contributed by atoms with E-state index in [9.17, 15) is 4.79 Å². The zero-order valence-electron chi connectivity index (χ0n) is 11.4. The molecule has 1 aromatic carbocycles. The van der Waals surface area contributed by atoms with Crippen molar-refractivity contribution in [2.75, 3.05) is 26.7 Å². The van der Waals surface area contributed by atoms with Crippen LogP contribution in [-0.2, 0) is 16.0 Å². The predicted molar refractivity (Wildman–Crippen MR) is 73.5 cm³/mol. The third-order valence-corrected chi connectivity index (χ3v) is 2.90. The molecule has 0 aliphatic heterocycles. The summed E-state index contributed by atoms with van der Waals surface area (Å²) in [5.41, 5.74) is 1.35. The molecule has 0 bridgehead atoms. The van der Waals surface area contributed by atoms with E-state index in [0.717, 1.165) is 32.4 Å². The average Bonchev–Trinajstić information content (AvgIpc) is 2.40. The SMILES string of the molecule is CCCN(CCCc1ccccc1)CC(=O)OC. The van der Waals surface area contributed by atoms with E-state index in [0.29, 0.717) is 6.54 Å². The van der Waals surface area contributed by atoms with E-state index in [1.54, 1.807) is 0 Å². The van der Waals surface area contributed by atoms with Crippen molar-refractivity contribution < 1.29 is 9.53 Å². The molecule has 0 fully saturated rings. The number of carbonyl (C=O) groups is 1. The van der Waals surface area contributed by atoms with Gasteiger partial charge in [0.2, 0.25) is 0 Å². The minimum absolute atomic E-state index is 0.150. The van der Waals surface area contributed by atoms with E-state index < -0.39 is 0 Å². The Kier molecular flexibility index (Phi) is 7.11. The molecule has 0 amide bonds. The molecule has 0 atom stereocenters. The van der Waals surface area contributed by atoms with Gasteiger partial charge in [0.25, 0.3) is 0 Å². The number of esters is 1. The largest absolute Gasteiger partial charge is 0.468 e. The standard InChI is InChI=1S/C15H23NO2/c1-3-11-16(13-15(17)18-2)12-7-10-14-8-5-4-6-9-14/h4-6,8-9H,3,7,10-13H2,1-2H3. The summed E-state index contributed by atoms with van der Waals surface area (Å²) in [6.45, 7) is 4.42. The summed E-state index contributed by atoms with van der Waals surface area (Å²) in [6.07, 6.45) is 3.19. The molecule has 0 spiro atoms. The normalized spacial score (nSPS) is 10.6. The van der Waals surface area contributed by atoms with Crippen LogP contribution in [0.15, 0.2) is 30.3 Å². The Labute approximate surface area is 110 Å². The number of ether oxygens (including phenoxy) is 1. The van der Waals surface area contributed by atoms with Crippen LogP contribution in [0.25, 0.3) is 0 Å². The van der Waals surface area contributed by atoms with Crippen LogP contribution in [0.4, 0.5) is 0 Å². The zero-order chi connectivity index (χ0) is 13.2. The topological polar surface area (TPSA) is 29.5 Å². The lowest BCUT2D eigenvalue weighted by Crippen LogP contribution is -2.32. The molecule has 0 aromatic heterocycles. The summed E-state index contributed by atoms with van der Waals surface area (Å²) in [5, 5.41) is 0. The maximum Gasteiger partial charge on any atom is 0.319 e. The number of hydrogen-bond donors (Lipinski definition) is 0. The molecular formula is C15H23NO2. The van der Waals surface area contributed by atoms with Crippen LogP contribution in [0.3, 0.4) is 0 Å². The van der Waals surface area contributed by atoms with Crippen molar-refractivity contribution in [1.82, 2.24) is 4.90 Å². The number of nitrogens with zero attached hydrogens (tertiary/aromatic N) is 1. The fraction of sp³-hybridized carbons (Fsp3) is 0.533. The summed E-state index contributed by atoms with van der Waals surface area (Å²) in [7, 11) is 1.44. The Morgan fingerprint density at radius 3 is 2.56 bits per heavy atom. The van der Waals surface area contributed by atoms with E-state index in [1.165, 1.54) is 12.7 Å². The number of hydrogen-bond acceptors (Lipinski definition) is 3. The molecule has 1 aromatic rings. The predicted octanol–water partition coefficient (Wildman–Crippen LogP) is 2.50. The Balaban J connectivity index is 2.31. The highest BCUT2D eigenvalue weighted by Gasteiger charge is 2.09. The highest BCUT2D eigenvalue weighted by atomic mass is 16.5. The van der Waals surface area contributed by atoms with Crippen LogP contribution in [-0.4, -0.2) is 37.6 Å². The maximum atomic E-state index is 11.3. The van der Waals surface area contributed by atoms with Gasteiger partial charge in [-0.15, -0.1) is 0 Å². The van der Waals surface area contributed by atoms with Gasteiger partial charge in [-0.2, -0.15) is 0 Å². The van der Waals surface area contributed by atoms with Gasteiger partial charge in [-0.1, -0.05) is 37.3 Å². The zero-order valence-corrected chi connectivity index (χ0v) is 11.4. The first-order valence-corrected chi connectivity index (χ1v) is 6.59. The second-order valence-electron chi connectivity index (χ2n) is 4.44. The lowest BCUT2D eigenvalue weighted by Gasteiger charge is -2.20. The number of aryl methyl sites for hydroxylation is 1. The van der Waals surface area contributed by atoms with Crippen molar-refractivity contribution in [3.05, 3.63) is 35.9 Å². The van der Waals surface area contributed by atoms with E-state index in [4.69, 9.17) is 4.74 Å². The lowest BCUT2D eigenvalue weighted by molar-refractivity contribution is -0.141. The fourth-order valence-electron chi connectivity index (χ4n) is 1.98. The van der Waals surface area contributed by atoms with Crippen molar-refractivity contribution >= 4 is 5.97 Å². The van der Waals surface area contributed by atoms with Crippen LogP contribution >= 0.6 is 0 Å². The molecule has 0 saturated carbocycles. The molecule has 3 nitrogen and oxygen atoms in total. The van der Waals surface area contributed by atoms with Gasteiger partial charge < -0.3 is 4.74 Å². The summed E-state index contributed by atoms with van der Waals surface area (Å²) in [5.74, 6) is -0.150. The number of carbonyl (C=O) groups excluding carboxylic acids is 1. The van der Waals surface area contributed by atoms with Crippen LogP contribution in [0.1, 0.15) is 25.3 Å². The van der Waals surface area contributed by atoms with E-state index in [1.807, 2.05) is 6.07 Å². The first-order valence-electron chi connectivity index (χ1n) is 6.59. The van der Waals surface area contributed by atoms with Crippen molar-refractivity contribution in [2.45, 2.75) is 26.2 Å². The van der Waals surface area contributed by atoms with Crippen molar-refractivity contribution in [2.24, 2.45) is 0 Å². The van der Waals surface area contributed by atoms with Crippen molar-refractivity contribution in [3.63, 3.8) is 0 Å². The van der Waals surface area contributed by atoms with E-state index in [2.05, 4.69) is 36.1 Å². The quantitative estimate of drug-likeness (QED) is 0.663. The average molecular weight is 249 g/mol. The monoisotopic (exact) mass is 249 g/mol. The second kappa shape index (κ2) is 8.70. The molecule has 18 heavy (non-hydrogen) atoms. The Bertz CT molecular complexity index is 338. The molecule has 0 radical (unpaired) electrons. The first kappa shape index (κ1) is 14.7. The van der Waals surface area contributed by atoms with E-state index in [-0.39, 0.29) is 5.97 Å². The summed E-state index contributed by atoms with van der Waals surface area (Å²) < 4.78 is 4.71. The van der Waals surface area contributed by atoms with Gasteiger partial charge in [0, 0.05) is 0 Å². The maximum absolute atomic E-state index is 11.3. The van der Waals surface area contributed by atoms with Crippen LogP contribution < -0.4 is 0 Å². The summed E-state index contributed by atoms with van der Waals surface area (Å²) in [4.78, 5) is 13.4. The van der Waals surface area contributed by atoms with Gasteiger partial charge >= 0.3 is 5.97 Å². The Hall–Kier alpha value is -1.35. The highest BCUT2D eigenvalue weighted by molar-refractivity contribution is 5.71. The minimum atomic E-state index is -0.150. The molecule has 100 valence electrons. The van der Waals surface area contributed by atoms with Crippen LogP contribution in [0, 0.1) is 0 Å². The van der Waals surface area contributed by atoms with Crippen molar-refractivity contribution in [3.8, 4) is 0 Å². The molecule has 0 unspecified atom stereocenters. The van der Waals surface area contributed by atoms with Crippen LogP contribution in [0.5, 0.6) is 0 Å². The molecule has 3 heteroatoms. The van der Waals surface area contributed by atoms with Crippen molar-refractivity contribution in [1.29, 1.82) is 0 Å². The van der Waals surface area contributed by atoms with Gasteiger partial charge in [0.05, 0.1) is 13.7 Å². The van der Waals surface area contributed by atoms with Gasteiger partial charge in [-0.3, -0.25) is 9.69 Å². The second-order valence-corrected chi connectivity index (χ2v) is 4.44. The van der Waals surface area contributed by atoms with Gasteiger partial charge in [-0.25, -0.2) is 0 Å². The van der Waals surface area contributed by atoms with Gasteiger partial charge in [0.1, 0.15) is 0 Å². The molecular weight excluding hydrogens is 226 g/mol. The first-order chi connectivity index (χ1) is 8.76. The van der Waals surface area contributed by atoms with Gasteiger partial charge in [-0.05, 0) is 37.9 Å².